The van der Waals surface area contributed by atoms with E-state index in [4.69, 9.17) is 11.0 Å². The lowest BCUT2D eigenvalue weighted by molar-refractivity contribution is -0.119. The molecule has 88 valence electrons. The van der Waals surface area contributed by atoms with E-state index in [-0.39, 0.29) is 11.9 Å². The highest BCUT2D eigenvalue weighted by molar-refractivity contribution is 5.85. The number of benzene rings is 1. The van der Waals surface area contributed by atoms with Crippen molar-refractivity contribution in [1.82, 2.24) is 0 Å². The van der Waals surface area contributed by atoms with Crippen molar-refractivity contribution >= 4 is 11.6 Å². The molecule has 0 bridgehead atoms. The summed E-state index contributed by atoms with van der Waals surface area (Å²) >= 11 is 0. The van der Waals surface area contributed by atoms with Crippen LogP contribution < -0.4 is 10.6 Å². The number of amides is 1. The quantitative estimate of drug-likeness (QED) is 0.831. The summed E-state index contributed by atoms with van der Waals surface area (Å²) in [5.74, 6) is -0.313. The van der Waals surface area contributed by atoms with Crippen LogP contribution in [0.5, 0.6) is 0 Å². The minimum Gasteiger partial charge on any atom is -0.368 e. The van der Waals surface area contributed by atoms with Gasteiger partial charge in [0.25, 0.3) is 0 Å². The van der Waals surface area contributed by atoms with E-state index < -0.39 is 0 Å². The Kier molecular flexibility index (Phi) is 3.01. The van der Waals surface area contributed by atoms with Gasteiger partial charge >= 0.3 is 0 Å². The number of nitrogens with zero attached hydrogens (tertiary/aromatic N) is 2. The Morgan fingerprint density at radius 3 is 3.00 bits per heavy atom. The molecule has 1 heterocycles. The van der Waals surface area contributed by atoms with Crippen LogP contribution in [0.2, 0.25) is 0 Å². The van der Waals surface area contributed by atoms with Crippen molar-refractivity contribution in [1.29, 1.82) is 5.26 Å². The molecule has 1 atom stereocenters. The van der Waals surface area contributed by atoms with Gasteiger partial charge in [-0.25, -0.2) is 0 Å². The highest BCUT2D eigenvalue weighted by Crippen LogP contribution is 2.28. The largest absolute Gasteiger partial charge is 0.368 e. The number of hydrogen-bond acceptors (Lipinski definition) is 3. The van der Waals surface area contributed by atoms with Gasteiger partial charge in [-0.2, -0.15) is 5.26 Å². The standard InChI is InChI=1S/C13H15N3O/c1-9-4-5-11(10(7-9)8-14)16-6-2-3-12(16)13(15)17/h4-5,7,12H,2-3,6H2,1H3,(H2,15,17). The van der Waals surface area contributed by atoms with Crippen molar-refractivity contribution in [3.05, 3.63) is 29.3 Å². The third kappa shape index (κ3) is 2.09. The number of carbonyl (C=O) groups is 1. The molecule has 1 aliphatic heterocycles. The van der Waals surface area contributed by atoms with Crippen molar-refractivity contribution in [2.24, 2.45) is 5.73 Å². The minimum atomic E-state index is -0.313. The van der Waals surface area contributed by atoms with Crippen LogP contribution in [-0.4, -0.2) is 18.5 Å². The van der Waals surface area contributed by atoms with Gasteiger partial charge in [-0.1, -0.05) is 6.07 Å². The van der Waals surface area contributed by atoms with E-state index in [9.17, 15) is 4.79 Å². The van der Waals surface area contributed by atoms with Crippen LogP contribution in [0.1, 0.15) is 24.0 Å². The highest BCUT2D eigenvalue weighted by atomic mass is 16.1. The van der Waals surface area contributed by atoms with Gasteiger partial charge < -0.3 is 10.6 Å². The molecule has 1 aliphatic rings. The molecule has 1 saturated heterocycles. The molecule has 0 spiro atoms. The molecule has 1 fully saturated rings. The molecule has 4 nitrogen and oxygen atoms in total. The summed E-state index contributed by atoms with van der Waals surface area (Å²) in [5.41, 5.74) is 7.85. The average Bonchev–Trinajstić information content (AvgIpc) is 2.77. The van der Waals surface area contributed by atoms with Gasteiger partial charge in [0.15, 0.2) is 0 Å². The summed E-state index contributed by atoms with van der Waals surface area (Å²) in [6.07, 6.45) is 1.71. The smallest absolute Gasteiger partial charge is 0.240 e. The number of aryl methyl sites for hydroxylation is 1. The number of rotatable bonds is 2. The van der Waals surface area contributed by atoms with Gasteiger partial charge in [0.2, 0.25) is 5.91 Å². The first-order valence-electron chi connectivity index (χ1n) is 5.70. The topological polar surface area (TPSA) is 70.1 Å². The second-order valence-corrected chi connectivity index (χ2v) is 4.39. The number of nitrogens with two attached hydrogens (primary N) is 1. The zero-order chi connectivity index (χ0) is 12.4. The van der Waals surface area contributed by atoms with Crippen LogP contribution in [0.3, 0.4) is 0 Å². The molecule has 2 rings (SSSR count). The van der Waals surface area contributed by atoms with Gasteiger partial charge in [0.1, 0.15) is 12.1 Å². The van der Waals surface area contributed by atoms with E-state index in [1.54, 1.807) is 0 Å². The number of nitriles is 1. The summed E-state index contributed by atoms with van der Waals surface area (Å²) in [6, 6.07) is 7.59. The first-order valence-corrected chi connectivity index (χ1v) is 5.70. The van der Waals surface area contributed by atoms with Gasteiger partial charge in [-0.15, -0.1) is 0 Å². The Balaban J connectivity index is 2.40. The average molecular weight is 229 g/mol. The molecule has 1 amide bonds. The minimum absolute atomic E-state index is 0.273. The maximum Gasteiger partial charge on any atom is 0.240 e. The van der Waals surface area contributed by atoms with Gasteiger partial charge in [0.05, 0.1) is 11.3 Å². The van der Waals surface area contributed by atoms with E-state index in [2.05, 4.69) is 6.07 Å². The summed E-state index contributed by atoms with van der Waals surface area (Å²) < 4.78 is 0. The Morgan fingerprint density at radius 2 is 2.35 bits per heavy atom. The summed E-state index contributed by atoms with van der Waals surface area (Å²) in [7, 11) is 0. The lowest BCUT2D eigenvalue weighted by atomic mass is 10.1. The molecule has 4 heteroatoms. The van der Waals surface area contributed by atoms with Crippen molar-refractivity contribution in [3.8, 4) is 6.07 Å². The third-order valence-electron chi connectivity index (χ3n) is 3.16. The van der Waals surface area contributed by atoms with Crippen LogP contribution in [-0.2, 0) is 4.79 Å². The SMILES string of the molecule is Cc1ccc(N2CCCC2C(N)=O)c(C#N)c1. The van der Waals surface area contributed by atoms with Crippen molar-refractivity contribution in [2.45, 2.75) is 25.8 Å². The van der Waals surface area contributed by atoms with Gasteiger partial charge in [-0.3, -0.25) is 4.79 Å². The molecular formula is C13H15N3O. The molecule has 0 aliphatic carbocycles. The Bertz CT molecular complexity index is 490. The molecule has 0 saturated carbocycles. The number of hydrogen-bond donors (Lipinski definition) is 1. The fourth-order valence-corrected chi connectivity index (χ4v) is 2.34. The van der Waals surface area contributed by atoms with Gasteiger partial charge in [0, 0.05) is 6.54 Å². The number of carbonyl (C=O) groups excluding carboxylic acids is 1. The summed E-state index contributed by atoms with van der Waals surface area (Å²) in [4.78, 5) is 13.3. The second-order valence-electron chi connectivity index (χ2n) is 4.39. The first kappa shape index (κ1) is 11.5. The van der Waals surface area contributed by atoms with E-state index in [1.165, 1.54) is 0 Å². The molecule has 0 aromatic heterocycles. The second kappa shape index (κ2) is 4.46. The summed E-state index contributed by atoms with van der Waals surface area (Å²) in [5, 5.41) is 9.14. The van der Waals surface area contributed by atoms with E-state index >= 15 is 0 Å². The van der Waals surface area contributed by atoms with Crippen molar-refractivity contribution < 1.29 is 4.79 Å². The van der Waals surface area contributed by atoms with Crippen LogP contribution in [0, 0.1) is 18.3 Å². The maximum absolute atomic E-state index is 11.3. The molecule has 1 unspecified atom stereocenters. The predicted molar refractivity (Wildman–Crippen MR) is 65.5 cm³/mol. The Morgan fingerprint density at radius 1 is 1.59 bits per heavy atom. The summed E-state index contributed by atoms with van der Waals surface area (Å²) in [6.45, 7) is 2.73. The van der Waals surface area contributed by atoms with Crippen LogP contribution in [0.15, 0.2) is 18.2 Å². The van der Waals surface area contributed by atoms with Crippen LogP contribution >= 0.6 is 0 Å². The Hall–Kier alpha value is -2.02. The fraction of sp³-hybridized carbons (Fsp3) is 0.385. The molecule has 0 radical (unpaired) electrons. The van der Waals surface area contributed by atoms with Gasteiger partial charge in [-0.05, 0) is 37.5 Å². The lowest BCUT2D eigenvalue weighted by Gasteiger charge is -2.25. The van der Waals surface area contributed by atoms with Crippen molar-refractivity contribution in [3.63, 3.8) is 0 Å². The third-order valence-corrected chi connectivity index (χ3v) is 3.16. The van der Waals surface area contributed by atoms with Crippen LogP contribution in [0.4, 0.5) is 5.69 Å². The van der Waals surface area contributed by atoms with Crippen LogP contribution in [0.25, 0.3) is 0 Å². The maximum atomic E-state index is 11.3. The van der Waals surface area contributed by atoms with E-state index in [0.29, 0.717) is 5.56 Å². The van der Waals surface area contributed by atoms with E-state index in [1.807, 2.05) is 30.0 Å². The fourth-order valence-electron chi connectivity index (χ4n) is 2.34. The normalized spacial score (nSPS) is 19.1. The molecule has 2 N–H and O–H groups in total. The molecule has 1 aromatic carbocycles. The highest BCUT2D eigenvalue weighted by Gasteiger charge is 2.30. The lowest BCUT2D eigenvalue weighted by Crippen LogP contribution is -2.40. The zero-order valence-corrected chi connectivity index (χ0v) is 9.81. The monoisotopic (exact) mass is 229 g/mol. The number of anilines is 1. The molecular weight excluding hydrogens is 214 g/mol. The predicted octanol–water partition coefficient (Wildman–Crippen LogP) is 1.32. The first-order chi connectivity index (χ1) is 8.13. The molecule has 17 heavy (non-hydrogen) atoms. The van der Waals surface area contributed by atoms with Crippen molar-refractivity contribution in [2.75, 3.05) is 11.4 Å². The number of primary amides is 1. The zero-order valence-electron chi connectivity index (χ0n) is 9.81. The Labute approximate surface area is 101 Å². The molecule has 1 aromatic rings. The van der Waals surface area contributed by atoms with E-state index in [0.717, 1.165) is 30.6 Å².